The van der Waals surface area contributed by atoms with E-state index in [4.69, 9.17) is 9.47 Å². The van der Waals surface area contributed by atoms with E-state index < -0.39 is 0 Å². The monoisotopic (exact) mass is 298 g/mol. The topological polar surface area (TPSA) is 72.1 Å². The highest BCUT2D eigenvalue weighted by atomic mass is 16.5. The van der Waals surface area contributed by atoms with Crippen LogP contribution in [0.25, 0.3) is 11.0 Å². The molecular formula is C16H18N4O2. The Morgan fingerprint density at radius 3 is 2.59 bits per heavy atom. The summed E-state index contributed by atoms with van der Waals surface area (Å²) >= 11 is 0. The quantitative estimate of drug-likeness (QED) is 0.773. The van der Waals surface area contributed by atoms with Crippen LogP contribution in [0.1, 0.15) is 11.5 Å². The first-order valence-corrected chi connectivity index (χ1v) is 6.93. The Kier molecular flexibility index (Phi) is 3.58. The van der Waals surface area contributed by atoms with E-state index in [0.717, 1.165) is 34.0 Å². The summed E-state index contributed by atoms with van der Waals surface area (Å²) in [4.78, 5) is 12.1. The van der Waals surface area contributed by atoms with Crippen LogP contribution < -0.4 is 14.8 Å². The molecule has 0 aliphatic carbocycles. The average Bonchev–Trinajstić information content (AvgIpc) is 2.88. The van der Waals surface area contributed by atoms with Gasteiger partial charge in [-0.05, 0) is 32.0 Å². The average molecular weight is 298 g/mol. The first-order valence-electron chi connectivity index (χ1n) is 6.93. The van der Waals surface area contributed by atoms with Crippen molar-refractivity contribution in [3.05, 3.63) is 35.8 Å². The van der Waals surface area contributed by atoms with E-state index in [1.165, 1.54) is 0 Å². The molecule has 0 saturated heterocycles. The minimum absolute atomic E-state index is 0.691. The van der Waals surface area contributed by atoms with Crippen LogP contribution >= 0.6 is 0 Å². The smallest absolute Gasteiger partial charge is 0.146 e. The number of hydrogen-bond donors (Lipinski definition) is 2. The molecule has 6 heteroatoms. The third-order valence-corrected chi connectivity index (χ3v) is 3.40. The summed E-state index contributed by atoms with van der Waals surface area (Å²) in [6, 6.07) is 7.63. The Morgan fingerprint density at radius 2 is 1.86 bits per heavy atom. The van der Waals surface area contributed by atoms with Gasteiger partial charge in [0.15, 0.2) is 0 Å². The van der Waals surface area contributed by atoms with E-state index >= 15 is 0 Å². The van der Waals surface area contributed by atoms with Gasteiger partial charge in [0.2, 0.25) is 0 Å². The third kappa shape index (κ3) is 2.55. The highest BCUT2D eigenvalue weighted by molar-refractivity contribution is 5.90. The molecule has 0 aliphatic heterocycles. The number of hydrogen-bond acceptors (Lipinski definition) is 5. The molecule has 22 heavy (non-hydrogen) atoms. The van der Waals surface area contributed by atoms with Crippen molar-refractivity contribution in [1.82, 2.24) is 15.0 Å². The van der Waals surface area contributed by atoms with Gasteiger partial charge in [0.1, 0.15) is 28.8 Å². The number of benzene rings is 1. The second kappa shape index (κ2) is 5.55. The molecule has 0 radical (unpaired) electrons. The lowest BCUT2D eigenvalue weighted by molar-refractivity contribution is 0.395. The number of aryl methyl sites for hydroxylation is 2. The largest absolute Gasteiger partial charge is 0.497 e. The number of anilines is 2. The molecule has 0 spiro atoms. The zero-order valence-electron chi connectivity index (χ0n) is 13.0. The van der Waals surface area contributed by atoms with Crippen LogP contribution in [0.3, 0.4) is 0 Å². The number of H-pyrrole nitrogens is 1. The number of fused-ring (bicyclic) bond motifs is 1. The number of rotatable bonds is 4. The molecule has 0 aliphatic rings. The van der Waals surface area contributed by atoms with Gasteiger partial charge in [-0.2, -0.15) is 0 Å². The SMILES string of the molecule is COc1ccc(Nc2nc(C)nc3[nH]c(C)cc23)c(OC)c1. The lowest BCUT2D eigenvalue weighted by Gasteiger charge is -2.12. The van der Waals surface area contributed by atoms with Gasteiger partial charge in [0, 0.05) is 11.8 Å². The Hall–Kier alpha value is -2.76. The van der Waals surface area contributed by atoms with Gasteiger partial charge < -0.3 is 19.8 Å². The molecule has 2 heterocycles. The van der Waals surface area contributed by atoms with E-state index in [1.807, 2.05) is 38.1 Å². The van der Waals surface area contributed by atoms with Gasteiger partial charge in [-0.1, -0.05) is 0 Å². The molecule has 2 aromatic heterocycles. The zero-order valence-corrected chi connectivity index (χ0v) is 13.0. The summed E-state index contributed by atoms with van der Waals surface area (Å²) in [6.45, 7) is 3.86. The third-order valence-electron chi connectivity index (χ3n) is 3.40. The van der Waals surface area contributed by atoms with E-state index in [1.54, 1.807) is 14.2 Å². The van der Waals surface area contributed by atoms with Gasteiger partial charge >= 0.3 is 0 Å². The van der Waals surface area contributed by atoms with Gasteiger partial charge in [-0.3, -0.25) is 0 Å². The van der Waals surface area contributed by atoms with Crippen molar-refractivity contribution in [2.24, 2.45) is 0 Å². The minimum atomic E-state index is 0.691. The second-order valence-corrected chi connectivity index (χ2v) is 5.03. The van der Waals surface area contributed by atoms with Gasteiger partial charge in [0.05, 0.1) is 25.3 Å². The molecule has 3 rings (SSSR count). The van der Waals surface area contributed by atoms with Crippen molar-refractivity contribution in [2.75, 3.05) is 19.5 Å². The maximum atomic E-state index is 5.41. The van der Waals surface area contributed by atoms with Gasteiger partial charge in [-0.15, -0.1) is 0 Å². The highest BCUT2D eigenvalue weighted by Crippen LogP contribution is 2.33. The number of nitrogens with one attached hydrogen (secondary N) is 2. The van der Waals surface area contributed by atoms with Crippen molar-refractivity contribution >= 4 is 22.5 Å². The molecule has 0 amide bonds. The molecule has 1 aromatic carbocycles. The summed E-state index contributed by atoms with van der Waals surface area (Å²) in [6.07, 6.45) is 0. The van der Waals surface area contributed by atoms with Crippen LogP contribution in [0.4, 0.5) is 11.5 Å². The summed E-state index contributed by atoms with van der Waals surface area (Å²) in [5.74, 6) is 2.87. The zero-order chi connectivity index (χ0) is 15.7. The molecule has 2 N–H and O–H groups in total. The van der Waals surface area contributed by atoms with Crippen molar-refractivity contribution in [3.63, 3.8) is 0 Å². The van der Waals surface area contributed by atoms with Gasteiger partial charge in [0.25, 0.3) is 0 Å². The Labute approximate surface area is 128 Å². The lowest BCUT2D eigenvalue weighted by Crippen LogP contribution is -2.00. The van der Waals surface area contributed by atoms with Crippen LogP contribution in [0, 0.1) is 13.8 Å². The van der Waals surface area contributed by atoms with Crippen LogP contribution in [-0.2, 0) is 0 Å². The Balaban J connectivity index is 2.06. The Bertz CT molecular complexity index is 826. The van der Waals surface area contributed by atoms with Crippen molar-refractivity contribution in [3.8, 4) is 11.5 Å². The minimum Gasteiger partial charge on any atom is -0.497 e. The summed E-state index contributed by atoms with van der Waals surface area (Å²) in [5, 5.41) is 4.27. The van der Waals surface area contributed by atoms with Crippen LogP contribution in [0.5, 0.6) is 11.5 Å². The van der Waals surface area contributed by atoms with Crippen molar-refractivity contribution in [2.45, 2.75) is 13.8 Å². The van der Waals surface area contributed by atoms with E-state index in [9.17, 15) is 0 Å². The van der Waals surface area contributed by atoms with Crippen LogP contribution in [0.15, 0.2) is 24.3 Å². The predicted molar refractivity (Wildman–Crippen MR) is 86.2 cm³/mol. The Morgan fingerprint density at radius 1 is 1.05 bits per heavy atom. The predicted octanol–water partition coefficient (Wildman–Crippen LogP) is 3.34. The number of ether oxygens (including phenoxy) is 2. The normalized spacial score (nSPS) is 10.7. The fourth-order valence-corrected chi connectivity index (χ4v) is 2.38. The summed E-state index contributed by atoms with van der Waals surface area (Å²) in [7, 11) is 3.25. The second-order valence-electron chi connectivity index (χ2n) is 5.03. The van der Waals surface area contributed by atoms with E-state index in [2.05, 4.69) is 20.3 Å². The van der Waals surface area contributed by atoms with Crippen molar-refractivity contribution < 1.29 is 9.47 Å². The fraction of sp³-hybridized carbons (Fsp3) is 0.250. The van der Waals surface area contributed by atoms with Crippen LogP contribution in [0.2, 0.25) is 0 Å². The maximum absolute atomic E-state index is 5.41. The molecule has 114 valence electrons. The highest BCUT2D eigenvalue weighted by Gasteiger charge is 2.11. The molecule has 0 fully saturated rings. The first-order chi connectivity index (χ1) is 10.6. The van der Waals surface area contributed by atoms with E-state index in [-0.39, 0.29) is 0 Å². The number of methoxy groups -OCH3 is 2. The molecule has 0 saturated carbocycles. The number of nitrogens with zero attached hydrogens (tertiary/aromatic N) is 2. The van der Waals surface area contributed by atoms with Crippen LogP contribution in [-0.4, -0.2) is 29.2 Å². The molecule has 0 atom stereocenters. The van der Waals surface area contributed by atoms with E-state index in [0.29, 0.717) is 11.6 Å². The molecule has 3 aromatic rings. The fourth-order valence-electron chi connectivity index (χ4n) is 2.38. The van der Waals surface area contributed by atoms with Crippen molar-refractivity contribution in [1.29, 1.82) is 0 Å². The maximum Gasteiger partial charge on any atom is 0.146 e. The standard InChI is InChI=1S/C16H18N4O2/c1-9-7-12-15(17-9)18-10(2)19-16(12)20-13-6-5-11(21-3)8-14(13)22-4/h5-8H,1-4H3,(H2,17,18,19,20). The number of aromatic amines is 1. The van der Waals surface area contributed by atoms with Gasteiger partial charge in [-0.25, -0.2) is 9.97 Å². The number of aromatic nitrogens is 3. The summed E-state index contributed by atoms with van der Waals surface area (Å²) < 4.78 is 10.6. The molecule has 0 unspecified atom stereocenters. The first kappa shape index (κ1) is 14.2. The molecule has 0 bridgehead atoms. The summed E-state index contributed by atoms with van der Waals surface area (Å²) in [5.41, 5.74) is 2.68. The lowest BCUT2D eigenvalue weighted by atomic mass is 10.2. The molecular weight excluding hydrogens is 280 g/mol. The molecule has 6 nitrogen and oxygen atoms in total.